The normalized spacial score (nSPS) is 14.0. The first-order valence-corrected chi connectivity index (χ1v) is 17.7. The molecule has 4 rings (SSSR count). The van der Waals surface area contributed by atoms with Gasteiger partial charge in [-0.2, -0.15) is 17.5 Å². The van der Waals surface area contributed by atoms with Crippen molar-refractivity contribution in [1.29, 1.82) is 0 Å². The number of hydrogen-bond donors (Lipinski definition) is 3. The topological polar surface area (TPSA) is 139 Å². The van der Waals surface area contributed by atoms with E-state index in [1.807, 2.05) is 0 Å². The molecule has 49 heavy (non-hydrogen) atoms. The maximum absolute atomic E-state index is 14.8. The van der Waals surface area contributed by atoms with Crippen LogP contribution >= 0.6 is 11.3 Å². The number of nitrogens with one attached hydrogen (secondary N) is 1. The van der Waals surface area contributed by atoms with Gasteiger partial charge in [-0.3, -0.25) is 4.79 Å². The summed E-state index contributed by atoms with van der Waals surface area (Å²) in [5.74, 6) is -4.03. The molecule has 0 aliphatic rings. The number of carbonyl (C=O) groups is 2. The highest BCUT2D eigenvalue weighted by Crippen LogP contribution is 2.44. The lowest BCUT2D eigenvalue weighted by Gasteiger charge is -2.30. The lowest BCUT2D eigenvalue weighted by Crippen LogP contribution is -2.46. The number of benzene rings is 3. The number of ketones is 1. The van der Waals surface area contributed by atoms with E-state index < -0.39 is 65.0 Å². The molecule has 1 heterocycles. The number of amides is 1. The molecule has 262 valence electrons. The standard InChI is InChI=1S/C35H38F3N3O6S2/c1-3-20-41(49(45,46)26-16-14-25(39)15-17-26)28(22-42)31-19-18-30(48-31)27(35(36,37)38)21-29(43)33(40-34(44)47-2)32(23-10-6-4-7-11-23)24-12-8-5-9-13-24/h4-19,27-28,32-33,42H,3,20-22,39H2,1-2H3,(H,40,44)/t27-,28-,33-/m1/s1. The van der Waals surface area contributed by atoms with Crippen LogP contribution in [0.1, 0.15) is 58.5 Å². The van der Waals surface area contributed by atoms with Crippen LogP contribution in [-0.2, 0) is 19.6 Å². The molecule has 1 amide bonds. The molecule has 0 aliphatic heterocycles. The summed E-state index contributed by atoms with van der Waals surface area (Å²) in [6, 6.07) is 22.7. The van der Waals surface area contributed by atoms with Crippen molar-refractivity contribution in [3.63, 3.8) is 0 Å². The number of alkyl carbamates (subject to hydrolysis) is 1. The summed E-state index contributed by atoms with van der Waals surface area (Å²) in [5, 5.41) is 12.9. The van der Waals surface area contributed by atoms with E-state index in [0.717, 1.165) is 11.4 Å². The molecule has 0 saturated carbocycles. The van der Waals surface area contributed by atoms with E-state index in [2.05, 4.69) is 5.32 Å². The van der Waals surface area contributed by atoms with Gasteiger partial charge in [-0.05, 0) is 53.9 Å². The fourth-order valence-electron chi connectivity index (χ4n) is 5.64. The van der Waals surface area contributed by atoms with E-state index >= 15 is 0 Å². The van der Waals surface area contributed by atoms with Crippen LogP contribution in [0.4, 0.5) is 23.7 Å². The van der Waals surface area contributed by atoms with E-state index in [9.17, 15) is 36.3 Å². The highest BCUT2D eigenvalue weighted by molar-refractivity contribution is 7.89. The molecule has 0 aliphatic carbocycles. The number of rotatable bonds is 15. The Kier molecular flexibility index (Phi) is 12.6. The molecule has 9 nitrogen and oxygen atoms in total. The molecule has 4 N–H and O–H groups in total. The van der Waals surface area contributed by atoms with Crippen LogP contribution in [0.15, 0.2) is 102 Å². The number of hydrogen-bond acceptors (Lipinski definition) is 8. The number of alkyl halides is 3. The van der Waals surface area contributed by atoms with Gasteiger partial charge in [-0.1, -0.05) is 67.6 Å². The average Bonchev–Trinajstić information content (AvgIpc) is 3.56. The predicted molar refractivity (Wildman–Crippen MR) is 182 cm³/mol. The number of nitrogen functional groups attached to an aromatic ring is 1. The second-order valence-corrected chi connectivity index (χ2v) is 14.3. The molecule has 0 bridgehead atoms. The number of anilines is 1. The molecule has 14 heteroatoms. The average molecular weight is 718 g/mol. The summed E-state index contributed by atoms with van der Waals surface area (Å²) in [7, 11) is -3.10. The van der Waals surface area contributed by atoms with Crippen LogP contribution in [0.5, 0.6) is 0 Å². The first-order chi connectivity index (χ1) is 23.3. The molecule has 3 aromatic carbocycles. The minimum Gasteiger partial charge on any atom is -0.453 e. The van der Waals surface area contributed by atoms with E-state index in [1.54, 1.807) is 67.6 Å². The number of thiophene rings is 1. The van der Waals surface area contributed by atoms with Crippen molar-refractivity contribution < 1.29 is 41.0 Å². The minimum absolute atomic E-state index is 0.0202. The fraction of sp³-hybridized carbons (Fsp3) is 0.314. The smallest absolute Gasteiger partial charge is 0.407 e. The van der Waals surface area contributed by atoms with E-state index in [-0.39, 0.29) is 21.2 Å². The highest BCUT2D eigenvalue weighted by Gasteiger charge is 2.45. The number of Topliss-reactive ketones (excluding diaryl/α,β-unsaturated/α-hetero) is 1. The number of nitrogens with zero attached hydrogens (tertiary/aromatic N) is 1. The Bertz CT molecular complexity index is 1750. The molecule has 0 unspecified atom stereocenters. The van der Waals surface area contributed by atoms with Crippen LogP contribution in [0, 0.1) is 0 Å². The maximum atomic E-state index is 14.8. The number of sulfonamides is 1. The van der Waals surface area contributed by atoms with Crippen molar-refractivity contribution in [2.75, 3.05) is 26.0 Å². The van der Waals surface area contributed by atoms with E-state index in [1.165, 1.54) is 36.4 Å². The van der Waals surface area contributed by atoms with Crippen molar-refractivity contribution in [2.24, 2.45) is 0 Å². The third-order valence-corrected chi connectivity index (χ3v) is 11.3. The van der Waals surface area contributed by atoms with Gasteiger partial charge in [0.15, 0.2) is 5.78 Å². The quantitative estimate of drug-likeness (QED) is 0.117. The van der Waals surface area contributed by atoms with Crippen molar-refractivity contribution in [3.8, 4) is 0 Å². The zero-order valence-corrected chi connectivity index (χ0v) is 28.5. The lowest BCUT2D eigenvalue weighted by molar-refractivity contribution is -0.156. The molecule has 1 aromatic heterocycles. The minimum atomic E-state index is -4.89. The number of ether oxygens (including phenoxy) is 1. The Morgan fingerprint density at radius 1 is 0.918 bits per heavy atom. The fourth-order valence-corrected chi connectivity index (χ4v) is 8.63. The van der Waals surface area contributed by atoms with Gasteiger partial charge in [0.2, 0.25) is 10.0 Å². The van der Waals surface area contributed by atoms with Crippen molar-refractivity contribution in [3.05, 3.63) is 118 Å². The number of nitrogens with two attached hydrogens (primary N) is 1. The van der Waals surface area contributed by atoms with Crippen LogP contribution in [-0.4, -0.2) is 62.2 Å². The van der Waals surface area contributed by atoms with E-state index in [0.29, 0.717) is 34.6 Å². The summed E-state index contributed by atoms with van der Waals surface area (Å²) < 4.78 is 77.5. The van der Waals surface area contributed by atoms with Gasteiger partial charge in [0.25, 0.3) is 0 Å². The zero-order valence-electron chi connectivity index (χ0n) is 26.8. The summed E-state index contributed by atoms with van der Waals surface area (Å²) in [6.07, 6.45) is -6.54. The summed E-state index contributed by atoms with van der Waals surface area (Å²) in [5.41, 5.74) is 7.25. The SMILES string of the molecule is CCCN([C@H](CO)c1ccc([C@@H](CC(=O)[C@@H](NC(=O)OC)C(c2ccccc2)c2ccccc2)C(F)(F)F)s1)S(=O)(=O)c1ccc(N)cc1. The van der Waals surface area contributed by atoms with Gasteiger partial charge < -0.3 is 20.9 Å². The summed E-state index contributed by atoms with van der Waals surface area (Å²) in [6.45, 7) is 1.01. The summed E-state index contributed by atoms with van der Waals surface area (Å²) >= 11 is 0.671. The molecule has 3 atom stereocenters. The van der Waals surface area contributed by atoms with Gasteiger partial charge in [0.05, 0.1) is 30.6 Å². The lowest BCUT2D eigenvalue weighted by atomic mass is 9.81. The zero-order chi connectivity index (χ0) is 35.8. The van der Waals surface area contributed by atoms with Gasteiger partial charge in [0, 0.05) is 34.3 Å². The molecular weight excluding hydrogens is 680 g/mol. The van der Waals surface area contributed by atoms with Crippen molar-refractivity contribution >= 4 is 38.9 Å². The first-order valence-electron chi connectivity index (χ1n) is 15.4. The number of aliphatic hydroxyl groups is 1. The molecular formula is C35H38F3N3O6S2. The number of carbonyl (C=O) groups excluding carboxylic acids is 2. The second-order valence-electron chi connectivity index (χ2n) is 11.3. The Hall–Kier alpha value is -4.24. The molecule has 0 fully saturated rings. The Labute approximate surface area is 287 Å². The molecule has 0 spiro atoms. The van der Waals surface area contributed by atoms with Crippen molar-refractivity contribution in [1.82, 2.24) is 9.62 Å². The molecule has 0 saturated heterocycles. The maximum Gasteiger partial charge on any atom is 0.407 e. The highest BCUT2D eigenvalue weighted by atomic mass is 32.2. The van der Waals surface area contributed by atoms with E-state index in [4.69, 9.17) is 10.5 Å². The Morgan fingerprint density at radius 2 is 1.47 bits per heavy atom. The van der Waals surface area contributed by atoms with Gasteiger partial charge in [-0.15, -0.1) is 11.3 Å². The Balaban J connectivity index is 1.72. The number of aliphatic hydroxyl groups excluding tert-OH is 1. The van der Waals surface area contributed by atoms with Crippen LogP contribution in [0.3, 0.4) is 0 Å². The molecule has 4 aromatic rings. The van der Waals surface area contributed by atoms with Crippen LogP contribution in [0.25, 0.3) is 0 Å². The van der Waals surface area contributed by atoms with Crippen LogP contribution in [0.2, 0.25) is 0 Å². The monoisotopic (exact) mass is 717 g/mol. The second kappa shape index (κ2) is 16.4. The predicted octanol–water partition coefficient (Wildman–Crippen LogP) is 6.63. The van der Waals surface area contributed by atoms with Gasteiger partial charge in [-0.25, -0.2) is 13.2 Å². The third-order valence-electron chi connectivity index (χ3n) is 8.03. The number of methoxy groups -OCH3 is 1. The molecule has 0 radical (unpaired) electrons. The van der Waals surface area contributed by atoms with Crippen LogP contribution < -0.4 is 11.1 Å². The number of halogens is 3. The third kappa shape index (κ3) is 9.06. The summed E-state index contributed by atoms with van der Waals surface area (Å²) in [4.78, 5) is 26.3. The first kappa shape index (κ1) is 37.6. The van der Waals surface area contributed by atoms with Crippen molar-refractivity contribution in [2.45, 2.75) is 54.8 Å². The Morgan fingerprint density at radius 3 is 1.96 bits per heavy atom. The largest absolute Gasteiger partial charge is 0.453 e. The van der Waals surface area contributed by atoms with Gasteiger partial charge in [0.1, 0.15) is 6.04 Å². The van der Waals surface area contributed by atoms with Gasteiger partial charge >= 0.3 is 12.3 Å².